The van der Waals surface area contributed by atoms with Gasteiger partial charge in [0.15, 0.2) is 11.5 Å². The van der Waals surface area contributed by atoms with Crippen LogP contribution in [0.4, 0.5) is 0 Å². The maximum absolute atomic E-state index is 13.3. The first-order chi connectivity index (χ1) is 15.5. The van der Waals surface area contributed by atoms with Crippen LogP contribution in [0, 0.1) is 5.92 Å². The number of ether oxygens (including phenoxy) is 2. The summed E-state index contributed by atoms with van der Waals surface area (Å²) in [5.41, 5.74) is 1.99. The Morgan fingerprint density at radius 3 is 2.62 bits per heavy atom. The molecule has 3 atom stereocenters. The number of amides is 1. The number of carbonyl (C=O) groups excluding carboxylic acids is 1. The van der Waals surface area contributed by atoms with Crippen molar-refractivity contribution in [3.05, 3.63) is 65.2 Å². The molecule has 3 unspecified atom stereocenters. The van der Waals surface area contributed by atoms with Gasteiger partial charge in [-0.3, -0.25) is 4.79 Å². The molecule has 1 aliphatic carbocycles. The van der Waals surface area contributed by atoms with Gasteiger partial charge < -0.3 is 14.8 Å². The minimum absolute atomic E-state index is 0.0608. The Kier molecular flexibility index (Phi) is 6.80. The van der Waals surface area contributed by atoms with Gasteiger partial charge in [0.05, 0.1) is 40.4 Å². The van der Waals surface area contributed by atoms with Crippen LogP contribution < -0.4 is 14.8 Å². The van der Waals surface area contributed by atoms with Gasteiger partial charge in [0.1, 0.15) is 0 Å². The van der Waals surface area contributed by atoms with E-state index in [-0.39, 0.29) is 29.9 Å². The third kappa shape index (κ3) is 4.80. The van der Waals surface area contributed by atoms with E-state index in [9.17, 15) is 4.79 Å². The Morgan fingerprint density at radius 2 is 1.88 bits per heavy atom. The molecule has 1 amide bonds. The van der Waals surface area contributed by atoms with E-state index in [0.29, 0.717) is 11.5 Å². The average molecular weight is 451 g/mol. The topological polar surface area (TPSA) is 60.5 Å². The van der Waals surface area contributed by atoms with Crippen molar-refractivity contribution in [2.75, 3.05) is 7.11 Å². The summed E-state index contributed by atoms with van der Waals surface area (Å²) in [4.78, 5) is 18.2. The van der Waals surface area contributed by atoms with Gasteiger partial charge in [0.2, 0.25) is 5.91 Å². The molecule has 3 aromatic rings. The van der Waals surface area contributed by atoms with Crippen LogP contribution in [0.25, 0.3) is 10.2 Å². The number of nitrogens with one attached hydrogen (secondary N) is 1. The van der Waals surface area contributed by atoms with E-state index in [1.807, 2.05) is 57.2 Å². The van der Waals surface area contributed by atoms with E-state index >= 15 is 0 Å². The predicted molar refractivity (Wildman–Crippen MR) is 130 cm³/mol. The lowest BCUT2D eigenvalue weighted by Crippen LogP contribution is -2.36. The second-order valence-corrected chi connectivity index (χ2v) is 9.55. The second kappa shape index (κ2) is 9.74. The summed E-state index contributed by atoms with van der Waals surface area (Å²) in [5, 5.41) is 4.26. The van der Waals surface area contributed by atoms with E-state index in [1.165, 1.54) is 4.70 Å². The summed E-state index contributed by atoms with van der Waals surface area (Å²) in [6, 6.07) is 13.8. The fourth-order valence-electron chi connectivity index (χ4n) is 4.13. The first-order valence-electron chi connectivity index (χ1n) is 11.1. The number of carbonyl (C=O) groups is 1. The molecule has 168 valence electrons. The van der Waals surface area contributed by atoms with Crippen molar-refractivity contribution in [3.63, 3.8) is 0 Å². The van der Waals surface area contributed by atoms with Crippen LogP contribution in [-0.2, 0) is 4.79 Å². The molecule has 0 fully saturated rings. The summed E-state index contributed by atoms with van der Waals surface area (Å²) in [6.07, 6.45) is 5.90. The molecule has 4 rings (SSSR count). The van der Waals surface area contributed by atoms with Crippen molar-refractivity contribution < 1.29 is 14.3 Å². The Balaban J connectivity index is 1.51. The van der Waals surface area contributed by atoms with E-state index in [4.69, 9.17) is 14.5 Å². The lowest BCUT2D eigenvalue weighted by Gasteiger charge is -2.27. The van der Waals surface area contributed by atoms with Crippen molar-refractivity contribution in [2.45, 2.75) is 51.7 Å². The lowest BCUT2D eigenvalue weighted by molar-refractivity contribution is -0.126. The van der Waals surface area contributed by atoms with Gasteiger partial charge in [-0.25, -0.2) is 4.98 Å². The molecule has 1 N–H and O–H groups in total. The maximum Gasteiger partial charge on any atom is 0.224 e. The van der Waals surface area contributed by atoms with Crippen molar-refractivity contribution in [1.29, 1.82) is 0 Å². The van der Waals surface area contributed by atoms with E-state index in [0.717, 1.165) is 28.9 Å². The van der Waals surface area contributed by atoms with Crippen molar-refractivity contribution in [3.8, 4) is 11.5 Å². The highest BCUT2D eigenvalue weighted by molar-refractivity contribution is 7.18. The number of aromatic nitrogens is 1. The molecule has 6 heteroatoms. The first kappa shape index (κ1) is 22.3. The van der Waals surface area contributed by atoms with Gasteiger partial charge in [-0.05, 0) is 63.4 Å². The molecule has 1 heterocycles. The summed E-state index contributed by atoms with van der Waals surface area (Å²) in [7, 11) is 1.63. The number of methoxy groups -OCH3 is 1. The van der Waals surface area contributed by atoms with Crippen LogP contribution in [-0.4, -0.2) is 24.1 Å². The molecule has 5 nitrogen and oxygen atoms in total. The van der Waals surface area contributed by atoms with Gasteiger partial charge in [0, 0.05) is 5.92 Å². The second-order valence-electron chi connectivity index (χ2n) is 8.48. The number of hydrogen-bond acceptors (Lipinski definition) is 5. The highest BCUT2D eigenvalue weighted by Crippen LogP contribution is 2.39. The molecular formula is C26H30N2O3S. The molecule has 0 saturated carbocycles. The van der Waals surface area contributed by atoms with Crippen LogP contribution in [0.1, 0.15) is 56.1 Å². The summed E-state index contributed by atoms with van der Waals surface area (Å²) in [6.45, 7) is 5.97. The number of benzene rings is 2. The number of rotatable bonds is 7. The van der Waals surface area contributed by atoms with Crippen molar-refractivity contribution in [2.24, 2.45) is 5.92 Å². The number of allylic oxidation sites excluding steroid dienone is 2. The van der Waals surface area contributed by atoms with Crippen LogP contribution in [0.5, 0.6) is 11.5 Å². The van der Waals surface area contributed by atoms with Gasteiger partial charge >= 0.3 is 0 Å². The number of nitrogens with zero attached hydrogens (tertiary/aromatic N) is 1. The summed E-state index contributed by atoms with van der Waals surface area (Å²) >= 11 is 1.70. The smallest absolute Gasteiger partial charge is 0.224 e. The van der Waals surface area contributed by atoms with Gasteiger partial charge in [-0.2, -0.15) is 0 Å². The molecule has 0 radical (unpaired) electrons. The molecule has 0 bridgehead atoms. The standard InChI is InChI=1S/C26H30N2O3S/c1-16(2)31-22-14-13-18(15-23(22)30-4)17(3)27-25(29)19-9-5-6-10-20(19)26-28-21-11-7-8-12-24(21)32-26/h5-8,11-17,19-20H,9-10H2,1-4H3,(H,27,29). The van der Waals surface area contributed by atoms with Crippen molar-refractivity contribution >= 4 is 27.5 Å². The first-order valence-corrected chi connectivity index (χ1v) is 11.9. The Hall–Kier alpha value is -2.86. The highest BCUT2D eigenvalue weighted by Gasteiger charge is 2.33. The largest absolute Gasteiger partial charge is 0.493 e. The minimum Gasteiger partial charge on any atom is -0.493 e. The molecule has 1 aliphatic rings. The van der Waals surface area contributed by atoms with E-state index in [2.05, 4.69) is 23.5 Å². The number of hydrogen-bond donors (Lipinski definition) is 1. The maximum atomic E-state index is 13.3. The SMILES string of the molecule is COc1cc(C(C)NC(=O)C2CC=CCC2c2nc3ccccc3s2)ccc1OC(C)C. The van der Waals surface area contributed by atoms with E-state index in [1.54, 1.807) is 18.4 Å². The highest BCUT2D eigenvalue weighted by atomic mass is 32.1. The summed E-state index contributed by atoms with van der Waals surface area (Å²) in [5.74, 6) is 1.41. The van der Waals surface area contributed by atoms with Crippen LogP contribution in [0.3, 0.4) is 0 Å². The van der Waals surface area contributed by atoms with Crippen molar-refractivity contribution in [1.82, 2.24) is 10.3 Å². The third-order valence-corrected chi connectivity index (χ3v) is 6.97. The predicted octanol–water partition coefficient (Wildman–Crippen LogP) is 6.02. The van der Waals surface area contributed by atoms with Crippen LogP contribution >= 0.6 is 11.3 Å². The quantitative estimate of drug-likeness (QED) is 0.447. The Labute approximate surface area is 193 Å². The molecule has 1 aromatic heterocycles. The van der Waals surface area contributed by atoms with Crippen LogP contribution in [0.2, 0.25) is 0 Å². The molecule has 32 heavy (non-hydrogen) atoms. The number of para-hydroxylation sites is 1. The lowest BCUT2D eigenvalue weighted by atomic mass is 9.82. The zero-order valence-electron chi connectivity index (χ0n) is 19.0. The summed E-state index contributed by atoms with van der Waals surface area (Å²) < 4.78 is 12.5. The zero-order chi connectivity index (χ0) is 22.7. The fourth-order valence-corrected chi connectivity index (χ4v) is 5.28. The van der Waals surface area contributed by atoms with Gasteiger partial charge in [-0.1, -0.05) is 30.4 Å². The average Bonchev–Trinajstić information content (AvgIpc) is 3.23. The fraction of sp³-hybridized carbons (Fsp3) is 0.385. The normalized spacial score (nSPS) is 19.2. The van der Waals surface area contributed by atoms with E-state index < -0.39 is 0 Å². The molecule has 0 saturated heterocycles. The molecule has 0 spiro atoms. The minimum atomic E-state index is -0.147. The molecule has 0 aliphatic heterocycles. The molecular weight excluding hydrogens is 420 g/mol. The number of thiazole rings is 1. The Bertz CT molecular complexity index is 1090. The van der Waals surface area contributed by atoms with Crippen LogP contribution in [0.15, 0.2) is 54.6 Å². The zero-order valence-corrected chi connectivity index (χ0v) is 19.8. The Morgan fingerprint density at radius 1 is 1.09 bits per heavy atom. The van der Waals surface area contributed by atoms with Gasteiger partial charge in [0.25, 0.3) is 0 Å². The number of fused-ring (bicyclic) bond motifs is 1. The third-order valence-electron chi connectivity index (χ3n) is 5.81. The molecule has 2 aromatic carbocycles. The monoisotopic (exact) mass is 450 g/mol. The van der Waals surface area contributed by atoms with Gasteiger partial charge in [-0.15, -0.1) is 11.3 Å².